The van der Waals surface area contributed by atoms with E-state index in [0.29, 0.717) is 15.7 Å². The molecule has 114 valence electrons. The summed E-state index contributed by atoms with van der Waals surface area (Å²) in [5, 5.41) is 18.5. The fourth-order valence-electron chi connectivity index (χ4n) is 1.63. The third kappa shape index (κ3) is 3.49. The van der Waals surface area contributed by atoms with Crippen LogP contribution in [-0.2, 0) is 7.05 Å². The van der Waals surface area contributed by atoms with Crippen molar-refractivity contribution in [2.45, 2.75) is 0 Å². The molecule has 0 aliphatic rings. The Morgan fingerprint density at radius 3 is 2.91 bits per heavy atom. The van der Waals surface area contributed by atoms with Crippen LogP contribution in [0.25, 0.3) is 0 Å². The molecule has 0 saturated heterocycles. The first kappa shape index (κ1) is 16.1. The minimum Gasteiger partial charge on any atom is -0.266 e. The van der Waals surface area contributed by atoms with Crippen LogP contribution in [-0.4, -0.2) is 26.8 Å². The van der Waals surface area contributed by atoms with E-state index in [4.69, 9.17) is 11.6 Å². The van der Waals surface area contributed by atoms with Gasteiger partial charge in [0, 0.05) is 18.7 Å². The first-order valence-corrected chi connectivity index (χ1v) is 7.02. The second-order valence-electron chi connectivity index (χ2n) is 4.13. The van der Waals surface area contributed by atoms with E-state index in [2.05, 4.69) is 31.6 Å². The first-order valence-electron chi connectivity index (χ1n) is 5.85. The standard InChI is InChI=1S/C12H9BrClN5O3/c1-18-11(8(13)6-16-18)12(20)17-15-5-7-2-3-9(14)10(4-7)19(21)22/h2-6H,1H3,(H,17,20)/b15-5-. The van der Waals surface area contributed by atoms with Crippen LogP contribution >= 0.6 is 27.5 Å². The van der Waals surface area contributed by atoms with Gasteiger partial charge in [0.05, 0.1) is 21.8 Å². The van der Waals surface area contributed by atoms with E-state index in [1.54, 1.807) is 13.1 Å². The van der Waals surface area contributed by atoms with Gasteiger partial charge < -0.3 is 0 Å². The molecule has 0 unspecified atom stereocenters. The number of nitro benzene ring substituents is 1. The van der Waals surface area contributed by atoms with Gasteiger partial charge in [0.2, 0.25) is 0 Å². The van der Waals surface area contributed by atoms with Crippen LogP contribution in [0.4, 0.5) is 5.69 Å². The van der Waals surface area contributed by atoms with Crippen molar-refractivity contribution in [2.75, 3.05) is 0 Å². The molecule has 1 N–H and O–H groups in total. The lowest BCUT2D eigenvalue weighted by molar-refractivity contribution is -0.384. The number of amides is 1. The normalized spacial score (nSPS) is 10.9. The molecule has 2 rings (SSSR count). The molecule has 1 aromatic carbocycles. The summed E-state index contributed by atoms with van der Waals surface area (Å²) in [5.74, 6) is -0.466. The third-order valence-electron chi connectivity index (χ3n) is 2.66. The van der Waals surface area contributed by atoms with Crippen molar-refractivity contribution in [3.8, 4) is 0 Å². The summed E-state index contributed by atoms with van der Waals surface area (Å²) in [6.45, 7) is 0. The van der Waals surface area contributed by atoms with Crippen molar-refractivity contribution in [3.63, 3.8) is 0 Å². The monoisotopic (exact) mass is 385 g/mol. The quantitative estimate of drug-likeness (QED) is 0.495. The highest BCUT2D eigenvalue weighted by molar-refractivity contribution is 9.10. The first-order chi connectivity index (χ1) is 10.4. The molecule has 0 fully saturated rings. The van der Waals surface area contributed by atoms with Gasteiger partial charge in [0.15, 0.2) is 0 Å². The van der Waals surface area contributed by atoms with Crippen LogP contribution in [0.2, 0.25) is 5.02 Å². The molecule has 1 aromatic heterocycles. The number of nitrogens with zero attached hydrogens (tertiary/aromatic N) is 4. The molecule has 10 heteroatoms. The lowest BCUT2D eigenvalue weighted by Crippen LogP contribution is -2.21. The summed E-state index contributed by atoms with van der Waals surface area (Å²) < 4.78 is 1.92. The average Bonchev–Trinajstić information content (AvgIpc) is 2.79. The van der Waals surface area contributed by atoms with E-state index in [1.165, 1.54) is 29.2 Å². The average molecular weight is 387 g/mol. The number of nitro groups is 1. The predicted molar refractivity (Wildman–Crippen MR) is 84.1 cm³/mol. The number of halogens is 2. The number of hydrogen-bond acceptors (Lipinski definition) is 5. The second-order valence-corrected chi connectivity index (χ2v) is 5.39. The lowest BCUT2D eigenvalue weighted by atomic mass is 10.2. The Bertz CT molecular complexity index is 755. The molecule has 0 saturated carbocycles. The van der Waals surface area contributed by atoms with Gasteiger partial charge in [-0.15, -0.1) is 0 Å². The maximum absolute atomic E-state index is 11.9. The third-order valence-corrected chi connectivity index (χ3v) is 3.56. The summed E-state index contributed by atoms with van der Waals surface area (Å²) in [6, 6.07) is 4.20. The molecule has 0 aliphatic carbocycles. The van der Waals surface area contributed by atoms with E-state index in [0.717, 1.165) is 0 Å². The van der Waals surface area contributed by atoms with Gasteiger partial charge in [-0.25, -0.2) is 5.43 Å². The number of aryl methyl sites for hydroxylation is 1. The molecule has 0 atom stereocenters. The minimum atomic E-state index is -0.592. The fourth-order valence-corrected chi connectivity index (χ4v) is 2.35. The SMILES string of the molecule is Cn1ncc(Br)c1C(=O)N/N=C\c1ccc(Cl)c([N+](=O)[O-])c1. The Hall–Kier alpha value is -2.26. The second kappa shape index (κ2) is 6.67. The summed E-state index contributed by atoms with van der Waals surface area (Å²) in [6.07, 6.45) is 2.77. The molecular weight excluding hydrogens is 378 g/mol. The molecule has 22 heavy (non-hydrogen) atoms. The van der Waals surface area contributed by atoms with E-state index < -0.39 is 10.8 Å². The Balaban J connectivity index is 2.12. The van der Waals surface area contributed by atoms with Crippen molar-refractivity contribution in [2.24, 2.45) is 12.1 Å². The van der Waals surface area contributed by atoms with E-state index in [9.17, 15) is 14.9 Å². The molecule has 2 aromatic rings. The van der Waals surface area contributed by atoms with Crippen molar-refractivity contribution in [1.29, 1.82) is 0 Å². The van der Waals surface area contributed by atoms with E-state index in [1.807, 2.05) is 0 Å². The highest BCUT2D eigenvalue weighted by atomic mass is 79.9. The number of hydrazone groups is 1. The Kier molecular flexibility index (Phi) is 4.88. The highest BCUT2D eigenvalue weighted by Crippen LogP contribution is 2.24. The fraction of sp³-hybridized carbons (Fsp3) is 0.0833. The summed E-state index contributed by atoms with van der Waals surface area (Å²) in [4.78, 5) is 22.1. The zero-order chi connectivity index (χ0) is 16.3. The zero-order valence-electron chi connectivity index (χ0n) is 11.2. The number of rotatable bonds is 4. The molecule has 0 spiro atoms. The number of hydrogen-bond donors (Lipinski definition) is 1. The molecule has 8 nitrogen and oxygen atoms in total. The molecular formula is C12H9BrClN5O3. The number of carbonyl (C=O) groups is 1. The van der Waals surface area contributed by atoms with Crippen LogP contribution in [0, 0.1) is 10.1 Å². The molecule has 1 heterocycles. The maximum Gasteiger partial charge on any atom is 0.290 e. The smallest absolute Gasteiger partial charge is 0.266 e. The Morgan fingerprint density at radius 2 is 2.32 bits per heavy atom. The topological polar surface area (TPSA) is 102 Å². The molecule has 1 amide bonds. The van der Waals surface area contributed by atoms with Gasteiger partial charge in [-0.05, 0) is 22.0 Å². The van der Waals surface area contributed by atoms with Crippen molar-refractivity contribution < 1.29 is 9.72 Å². The van der Waals surface area contributed by atoms with Crippen LogP contribution in [0.5, 0.6) is 0 Å². The van der Waals surface area contributed by atoms with Gasteiger partial charge in [-0.1, -0.05) is 17.7 Å². The largest absolute Gasteiger partial charge is 0.290 e. The summed E-state index contributed by atoms with van der Waals surface area (Å²) >= 11 is 8.91. The van der Waals surface area contributed by atoms with Crippen LogP contribution in [0.3, 0.4) is 0 Å². The van der Waals surface area contributed by atoms with Crippen LogP contribution in [0.1, 0.15) is 16.1 Å². The van der Waals surface area contributed by atoms with Crippen molar-refractivity contribution in [3.05, 3.63) is 55.3 Å². The number of nitrogens with one attached hydrogen (secondary N) is 1. The Morgan fingerprint density at radius 1 is 1.59 bits per heavy atom. The zero-order valence-corrected chi connectivity index (χ0v) is 13.5. The summed E-state index contributed by atoms with van der Waals surface area (Å²) in [5.41, 5.74) is 2.82. The van der Waals surface area contributed by atoms with Gasteiger partial charge in [0.25, 0.3) is 11.6 Å². The van der Waals surface area contributed by atoms with Gasteiger partial charge in [0.1, 0.15) is 10.7 Å². The van der Waals surface area contributed by atoms with E-state index >= 15 is 0 Å². The minimum absolute atomic E-state index is 0.0324. The van der Waals surface area contributed by atoms with Gasteiger partial charge in [-0.2, -0.15) is 10.2 Å². The molecule has 0 radical (unpaired) electrons. The van der Waals surface area contributed by atoms with Crippen LogP contribution < -0.4 is 5.43 Å². The van der Waals surface area contributed by atoms with Crippen LogP contribution in [0.15, 0.2) is 34.0 Å². The Labute approximate surface area is 138 Å². The van der Waals surface area contributed by atoms with Crippen molar-refractivity contribution in [1.82, 2.24) is 15.2 Å². The van der Waals surface area contributed by atoms with Gasteiger partial charge in [-0.3, -0.25) is 19.6 Å². The number of carbonyl (C=O) groups excluding carboxylic acids is 1. The number of benzene rings is 1. The maximum atomic E-state index is 11.9. The number of aromatic nitrogens is 2. The molecule has 0 aliphatic heterocycles. The highest BCUT2D eigenvalue weighted by Gasteiger charge is 2.15. The predicted octanol–water partition coefficient (Wildman–Crippen LogP) is 2.51. The van der Waals surface area contributed by atoms with E-state index in [-0.39, 0.29) is 10.7 Å². The molecule has 0 bridgehead atoms. The van der Waals surface area contributed by atoms with Gasteiger partial charge >= 0.3 is 0 Å². The summed E-state index contributed by atoms with van der Waals surface area (Å²) in [7, 11) is 1.62. The van der Waals surface area contributed by atoms with Crippen molar-refractivity contribution >= 4 is 45.3 Å². The lowest BCUT2D eigenvalue weighted by Gasteiger charge is -2.01.